The van der Waals surface area contributed by atoms with Gasteiger partial charge in [0.2, 0.25) is 10.0 Å². The van der Waals surface area contributed by atoms with Crippen molar-refractivity contribution in [2.45, 2.75) is 70.1 Å². The molecule has 0 atom stereocenters. The molecule has 0 aliphatic carbocycles. The average molecular weight is 597 g/mol. The first-order valence-electron chi connectivity index (χ1n) is 11.2. The smallest absolute Gasteiger partial charge is 0.417 e. The maximum absolute atomic E-state index is 14.0. The fourth-order valence-electron chi connectivity index (χ4n) is 3.71. The number of rotatable bonds is 7. The molecular formula is C23H25F9N2O4S. The van der Waals surface area contributed by atoms with Gasteiger partial charge in [-0.3, -0.25) is 0 Å². The molecule has 2 aromatic rings. The zero-order valence-corrected chi connectivity index (χ0v) is 22.0. The molecule has 0 amide bonds. The van der Waals surface area contributed by atoms with Crippen molar-refractivity contribution >= 4 is 16.0 Å². The van der Waals surface area contributed by atoms with Crippen molar-refractivity contribution in [3.63, 3.8) is 0 Å². The number of sulfonamides is 1. The highest BCUT2D eigenvalue weighted by molar-refractivity contribution is 7.89. The van der Waals surface area contributed by atoms with Gasteiger partial charge in [0.05, 0.1) is 22.6 Å². The Hall–Kier alpha value is -2.75. The van der Waals surface area contributed by atoms with Gasteiger partial charge in [-0.2, -0.15) is 39.5 Å². The highest BCUT2D eigenvalue weighted by atomic mass is 32.2. The minimum atomic E-state index is -5.79. The van der Waals surface area contributed by atoms with Crippen LogP contribution in [0.3, 0.4) is 0 Å². The molecule has 1 aromatic heterocycles. The van der Waals surface area contributed by atoms with Crippen LogP contribution in [0.15, 0.2) is 29.2 Å². The molecule has 0 aliphatic heterocycles. The van der Waals surface area contributed by atoms with Crippen LogP contribution in [0, 0.1) is 12.8 Å². The van der Waals surface area contributed by atoms with Gasteiger partial charge in [0.1, 0.15) is 0 Å². The molecular weight excluding hydrogens is 571 g/mol. The largest absolute Gasteiger partial charge is 0.462 e. The van der Waals surface area contributed by atoms with E-state index in [1.54, 1.807) is 0 Å². The van der Waals surface area contributed by atoms with Crippen LogP contribution in [0.1, 0.15) is 49.3 Å². The van der Waals surface area contributed by atoms with Crippen LogP contribution in [-0.4, -0.2) is 43.5 Å². The Labute approximate surface area is 218 Å². The maximum Gasteiger partial charge on any atom is 0.417 e. The van der Waals surface area contributed by atoms with Gasteiger partial charge in [0.15, 0.2) is 5.92 Å². The van der Waals surface area contributed by atoms with E-state index >= 15 is 0 Å². The van der Waals surface area contributed by atoms with E-state index in [1.807, 2.05) is 0 Å². The number of hydrogen-bond acceptors (Lipinski definition) is 4. The molecule has 0 aliphatic rings. The molecule has 0 radical (unpaired) electrons. The quantitative estimate of drug-likeness (QED) is 0.294. The van der Waals surface area contributed by atoms with Crippen molar-refractivity contribution < 1.29 is 57.5 Å². The van der Waals surface area contributed by atoms with Gasteiger partial charge in [0.25, 0.3) is 0 Å². The topological polar surface area (TPSA) is 77.4 Å². The number of benzene rings is 1. The summed E-state index contributed by atoms with van der Waals surface area (Å²) in [6.45, 7) is 4.48. The van der Waals surface area contributed by atoms with Crippen LogP contribution in [0.5, 0.6) is 0 Å². The number of nitrogens with one attached hydrogen (secondary N) is 1. The summed E-state index contributed by atoms with van der Waals surface area (Å²) >= 11 is 0. The standard InChI is InChI=1S/C23H25F9N2O4S/c1-6-38-19(35)14-10-16(34(12(14)2)11-18(22(27,28)29)23(30,31)32)13-7-8-17(15(9-13)21(24,25)26)39(36,37)33-20(3,4)5/h7-10,18,33H,6,11H2,1-5H3. The molecule has 2 rings (SSSR count). The lowest BCUT2D eigenvalue weighted by Crippen LogP contribution is -2.41. The Balaban J connectivity index is 2.87. The molecule has 0 saturated heterocycles. The molecule has 1 heterocycles. The summed E-state index contributed by atoms with van der Waals surface area (Å²) in [7, 11) is -4.77. The van der Waals surface area contributed by atoms with Crippen molar-refractivity contribution in [3.8, 4) is 11.3 Å². The summed E-state index contributed by atoms with van der Waals surface area (Å²) in [6.07, 6.45) is -16.9. The van der Waals surface area contributed by atoms with E-state index in [0.717, 1.165) is 19.1 Å². The first kappa shape index (κ1) is 32.5. The van der Waals surface area contributed by atoms with Gasteiger partial charge in [-0.05, 0) is 58.4 Å². The second kappa shape index (κ2) is 10.7. The number of nitrogens with zero attached hydrogens (tertiary/aromatic N) is 1. The van der Waals surface area contributed by atoms with Crippen molar-refractivity contribution in [3.05, 3.63) is 41.1 Å². The molecule has 0 saturated carbocycles. The van der Waals surface area contributed by atoms with E-state index < -0.39 is 85.5 Å². The number of ether oxygens (including phenoxy) is 1. The third kappa shape index (κ3) is 7.68. The molecule has 1 N–H and O–H groups in total. The Bertz CT molecular complexity index is 1310. The molecule has 16 heteroatoms. The number of aromatic nitrogens is 1. The summed E-state index contributed by atoms with van der Waals surface area (Å²) < 4.78 is 155. The second-order valence-corrected chi connectivity index (χ2v) is 11.2. The fourth-order valence-corrected chi connectivity index (χ4v) is 5.34. The third-order valence-corrected chi connectivity index (χ3v) is 7.14. The lowest BCUT2D eigenvalue weighted by atomic mass is 10.1. The predicted octanol–water partition coefficient (Wildman–Crippen LogP) is 6.48. The molecule has 6 nitrogen and oxygen atoms in total. The molecule has 39 heavy (non-hydrogen) atoms. The van der Waals surface area contributed by atoms with Crippen molar-refractivity contribution in [2.24, 2.45) is 5.92 Å². The molecule has 0 spiro atoms. The predicted molar refractivity (Wildman–Crippen MR) is 121 cm³/mol. The number of halogens is 9. The molecule has 0 fully saturated rings. The highest BCUT2D eigenvalue weighted by Gasteiger charge is 2.57. The number of carbonyl (C=O) groups is 1. The lowest BCUT2D eigenvalue weighted by molar-refractivity contribution is -0.287. The summed E-state index contributed by atoms with van der Waals surface area (Å²) in [5, 5.41) is 0. The van der Waals surface area contributed by atoms with Gasteiger partial charge in [-0.25, -0.2) is 17.9 Å². The van der Waals surface area contributed by atoms with Crippen LogP contribution in [-0.2, 0) is 27.5 Å². The Kier molecular flexibility index (Phi) is 8.88. The van der Waals surface area contributed by atoms with Crippen molar-refractivity contribution in [2.75, 3.05) is 6.61 Å². The number of carbonyl (C=O) groups excluding carboxylic acids is 1. The molecule has 0 unspecified atom stereocenters. The molecule has 1 aromatic carbocycles. The van der Waals surface area contributed by atoms with E-state index in [0.29, 0.717) is 10.6 Å². The minimum absolute atomic E-state index is 0.210. The monoisotopic (exact) mass is 596 g/mol. The summed E-state index contributed by atoms with van der Waals surface area (Å²) in [5.74, 6) is -5.06. The van der Waals surface area contributed by atoms with Gasteiger partial charge in [-0.1, -0.05) is 6.07 Å². The lowest BCUT2D eigenvalue weighted by Gasteiger charge is -2.25. The molecule has 220 valence electrons. The average Bonchev–Trinajstić information content (AvgIpc) is 3.04. The summed E-state index contributed by atoms with van der Waals surface area (Å²) in [5.41, 5.74) is -5.02. The van der Waals surface area contributed by atoms with E-state index in [2.05, 4.69) is 4.72 Å². The highest BCUT2D eigenvalue weighted by Crippen LogP contribution is 2.43. The van der Waals surface area contributed by atoms with E-state index in [4.69, 9.17) is 4.74 Å². The zero-order chi connectivity index (χ0) is 30.4. The molecule has 0 bridgehead atoms. The van der Waals surface area contributed by atoms with E-state index in [1.165, 1.54) is 27.7 Å². The van der Waals surface area contributed by atoms with Gasteiger partial charge in [-0.15, -0.1) is 0 Å². The normalized spacial score (nSPS) is 13.7. The maximum atomic E-state index is 14.0. The Morgan fingerprint density at radius 2 is 1.51 bits per heavy atom. The van der Waals surface area contributed by atoms with Crippen LogP contribution in [0.25, 0.3) is 11.3 Å². The van der Waals surface area contributed by atoms with Crippen LogP contribution >= 0.6 is 0 Å². The van der Waals surface area contributed by atoms with Crippen molar-refractivity contribution in [1.82, 2.24) is 9.29 Å². The van der Waals surface area contributed by atoms with E-state index in [9.17, 15) is 52.7 Å². The van der Waals surface area contributed by atoms with Crippen LogP contribution in [0.4, 0.5) is 39.5 Å². The van der Waals surface area contributed by atoms with Gasteiger partial charge >= 0.3 is 24.5 Å². The number of alkyl halides is 9. The van der Waals surface area contributed by atoms with Crippen LogP contribution < -0.4 is 4.72 Å². The van der Waals surface area contributed by atoms with Crippen LogP contribution in [0.2, 0.25) is 0 Å². The second-order valence-electron chi connectivity index (χ2n) is 9.56. The zero-order valence-electron chi connectivity index (χ0n) is 21.2. The minimum Gasteiger partial charge on any atom is -0.462 e. The van der Waals surface area contributed by atoms with E-state index in [-0.39, 0.29) is 12.7 Å². The summed E-state index contributed by atoms with van der Waals surface area (Å²) in [6, 6.07) is 2.42. The third-order valence-electron chi connectivity index (χ3n) is 5.33. The Morgan fingerprint density at radius 3 is 1.95 bits per heavy atom. The first-order valence-corrected chi connectivity index (χ1v) is 12.6. The number of hydrogen-bond donors (Lipinski definition) is 1. The Morgan fingerprint density at radius 1 is 0.974 bits per heavy atom. The summed E-state index contributed by atoms with van der Waals surface area (Å²) in [4.78, 5) is 11.1. The van der Waals surface area contributed by atoms with Gasteiger partial charge < -0.3 is 9.30 Å². The SMILES string of the molecule is CCOC(=O)c1cc(-c2ccc(S(=O)(=O)NC(C)(C)C)c(C(F)(F)F)c2)n(CC(C(F)(F)F)C(F)(F)F)c1C. The van der Waals surface area contributed by atoms with Gasteiger partial charge in [0, 0.05) is 23.5 Å². The number of esters is 1. The van der Waals surface area contributed by atoms with Crippen molar-refractivity contribution in [1.29, 1.82) is 0 Å². The fraction of sp³-hybridized carbons (Fsp3) is 0.522. The first-order chi connectivity index (χ1) is 17.4.